The van der Waals surface area contributed by atoms with Gasteiger partial charge in [0.1, 0.15) is 17.1 Å². The minimum absolute atomic E-state index is 0.00921. The number of thiocarbonyl (C=S) groups is 1. The van der Waals surface area contributed by atoms with Gasteiger partial charge < -0.3 is 4.74 Å². The van der Waals surface area contributed by atoms with E-state index >= 15 is 0 Å². The zero-order valence-corrected chi connectivity index (χ0v) is 18.6. The van der Waals surface area contributed by atoms with Gasteiger partial charge in [-0.05, 0) is 78.5 Å². The van der Waals surface area contributed by atoms with Crippen LogP contribution < -0.4 is 15.0 Å². The molecule has 1 aromatic heterocycles. The Morgan fingerprint density at radius 2 is 1.50 bits per heavy atom. The molecule has 2 amide bonds. The van der Waals surface area contributed by atoms with Crippen LogP contribution in [0.25, 0.3) is 11.8 Å². The first-order valence-electron chi connectivity index (χ1n) is 10.4. The van der Waals surface area contributed by atoms with Gasteiger partial charge in [0.2, 0.25) is 0 Å². The van der Waals surface area contributed by atoms with E-state index in [9.17, 15) is 9.59 Å². The SMILES string of the molecule is O=C1NC(=S)N(c2ccc(Oc3ccccc3)cc2)C(=O)/C1=C\c1ccc(-n2cccn2)cc1. The molecule has 0 radical (unpaired) electrons. The van der Waals surface area contributed by atoms with Crippen molar-refractivity contribution in [2.45, 2.75) is 0 Å². The number of benzene rings is 3. The van der Waals surface area contributed by atoms with Gasteiger partial charge in [0, 0.05) is 12.4 Å². The van der Waals surface area contributed by atoms with Crippen molar-refractivity contribution in [3.63, 3.8) is 0 Å². The molecular weight excluding hydrogens is 448 g/mol. The quantitative estimate of drug-likeness (QED) is 0.266. The van der Waals surface area contributed by atoms with Crippen LogP contribution in [0.4, 0.5) is 5.69 Å². The first-order valence-corrected chi connectivity index (χ1v) is 10.8. The monoisotopic (exact) mass is 466 g/mol. The van der Waals surface area contributed by atoms with Gasteiger partial charge in [-0.25, -0.2) is 4.68 Å². The predicted octanol–water partition coefficient (Wildman–Crippen LogP) is 4.50. The molecule has 0 aliphatic carbocycles. The maximum Gasteiger partial charge on any atom is 0.270 e. The number of ether oxygens (including phenoxy) is 1. The number of hydrogen-bond acceptors (Lipinski definition) is 5. The van der Waals surface area contributed by atoms with Crippen LogP contribution in [0.5, 0.6) is 11.5 Å². The molecule has 0 saturated carbocycles. The topological polar surface area (TPSA) is 76.5 Å². The number of aromatic nitrogens is 2. The molecule has 5 rings (SSSR count). The van der Waals surface area contributed by atoms with Crippen LogP contribution in [-0.4, -0.2) is 26.7 Å². The fourth-order valence-corrected chi connectivity index (χ4v) is 3.77. The second-order valence-electron chi connectivity index (χ2n) is 7.41. The number of carbonyl (C=O) groups excluding carboxylic acids is 2. The third-order valence-electron chi connectivity index (χ3n) is 5.15. The second kappa shape index (κ2) is 9.13. The summed E-state index contributed by atoms with van der Waals surface area (Å²) in [5.74, 6) is 0.284. The Bertz CT molecular complexity index is 1380. The molecule has 34 heavy (non-hydrogen) atoms. The Kier molecular flexibility index (Phi) is 5.72. The Hall–Kier alpha value is -4.56. The summed E-state index contributed by atoms with van der Waals surface area (Å²) in [7, 11) is 0. The Morgan fingerprint density at radius 3 is 2.18 bits per heavy atom. The number of anilines is 1. The van der Waals surface area contributed by atoms with Crippen molar-refractivity contribution < 1.29 is 14.3 Å². The minimum atomic E-state index is -0.536. The van der Waals surface area contributed by atoms with E-state index in [0.717, 1.165) is 5.69 Å². The number of hydrogen-bond donors (Lipinski definition) is 1. The highest BCUT2D eigenvalue weighted by molar-refractivity contribution is 7.80. The molecule has 4 aromatic rings. The highest BCUT2D eigenvalue weighted by atomic mass is 32.1. The lowest BCUT2D eigenvalue weighted by Gasteiger charge is -2.29. The number of amides is 2. The smallest absolute Gasteiger partial charge is 0.270 e. The molecule has 1 aliphatic rings. The van der Waals surface area contributed by atoms with Crippen LogP contribution in [0.2, 0.25) is 0 Å². The largest absolute Gasteiger partial charge is 0.457 e. The van der Waals surface area contributed by atoms with Gasteiger partial charge in [-0.3, -0.25) is 19.8 Å². The van der Waals surface area contributed by atoms with Crippen LogP contribution in [0, 0.1) is 0 Å². The zero-order valence-electron chi connectivity index (χ0n) is 17.8. The van der Waals surface area contributed by atoms with Crippen LogP contribution in [0.15, 0.2) is 103 Å². The molecule has 1 saturated heterocycles. The van der Waals surface area contributed by atoms with E-state index in [0.29, 0.717) is 22.7 Å². The standard InChI is InChI=1S/C26H18N4O3S/c31-24-23(17-18-7-9-19(10-8-18)29-16-4-15-27-29)25(32)30(26(34)28-24)20-11-13-22(14-12-20)33-21-5-2-1-3-6-21/h1-17H,(H,28,31,34)/b23-17-. The second-order valence-corrected chi connectivity index (χ2v) is 7.80. The molecule has 3 aromatic carbocycles. The van der Waals surface area contributed by atoms with Crippen molar-refractivity contribution >= 4 is 40.9 Å². The van der Waals surface area contributed by atoms with Crippen LogP contribution in [-0.2, 0) is 9.59 Å². The molecule has 1 N–H and O–H groups in total. The third kappa shape index (κ3) is 4.35. The predicted molar refractivity (Wildman–Crippen MR) is 133 cm³/mol. The first-order chi connectivity index (χ1) is 16.6. The molecule has 8 heteroatoms. The van der Waals surface area contributed by atoms with Crippen molar-refractivity contribution in [3.05, 3.63) is 108 Å². The van der Waals surface area contributed by atoms with Gasteiger partial charge in [0.25, 0.3) is 11.8 Å². The van der Waals surface area contributed by atoms with Crippen molar-refractivity contribution in [3.8, 4) is 17.2 Å². The summed E-state index contributed by atoms with van der Waals surface area (Å²) in [6.07, 6.45) is 5.07. The van der Waals surface area contributed by atoms with E-state index < -0.39 is 11.8 Å². The average molecular weight is 467 g/mol. The van der Waals surface area contributed by atoms with Crippen LogP contribution >= 0.6 is 12.2 Å². The molecule has 0 unspecified atom stereocenters. The molecule has 1 aliphatic heterocycles. The van der Waals surface area contributed by atoms with Gasteiger partial charge in [-0.15, -0.1) is 0 Å². The molecule has 1 fully saturated rings. The highest BCUT2D eigenvalue weighted by Gasteiger charge is 2.34. The van der Waals surface area contributed by atoms with E-state index in [1.165, 1.54) is 4.90 Å². The third-order valence-corrected chi connectivity index (χ3v) is 5.43. The van der Waals surface area contributed by atoms with Crippen molar-refractivity contribution in [1.29, 1.82) is 0 Å². The number of nitrogens with zero attached hydrogens (tertiary/aromatic N) is 3. The van der Waals surface area contributed by atoms with E-state index in [2.05, 4.69) is 10.4 Å². The Balaban J connectivity index is 1.38. The van der Waals surface area contributed by atoms with Crippen molar-refractivity contribution in [2.75, 3.05) is 4.90 Å². The van der Waals surface area contributed by atoms with Gasteiger partial charge >= 0.3 is 0 Å². The number of para-hydroxylation sites is 1. The minimum Gasteiger partial charge on any atom is -0.457 e. The van der Waals surface area contributed by atoms with E-state index in [1.54, 1.807) is 41.2 Å². The molecule has 7 nitrogen and oxygen atoms in total. The van der Waals surface area contributed by atoms with Crippen LogP contribution in [0.1, 0.15) is 5.56 Å². The molecule has 2 heterocycles. The maximum atomic E-state index is 13.2. The zero-order chi connectivity index (χ0) is 23.5. The fraction of sp³-hybridized carbons (Fsp3) is 0. The summed E-state index contributed by atoms with van der Waals surface area (Å²) in [6, 6.07) is 25.5. The maximum absolute atomic E-state index is 13.2. The molecule has 0 atom stereocenters. The van der Waals surface area contributed by atoms with Gasteiger partial charge in [-0.2, -0.15) is 5.10 Å². The fourth-order valence-electron chi connectivity index (χ4n) is 3.49. The molecular formula is C26H18N4O3S. The van der Waals surface area contributed by atoms with Gasteiger partial charge in [-0.1, -0.05) is 30.3 Å². The van der Waals surface area contributed by atoms with Crippen LogP contribution in [0.3, 0.4) is 0 Å². The Labute approximate surface area is 200 Å². The Morgan fingerprint density at radius 1 is 0.824 bits per heavy atom. The normalized spacial score (nSPS) is 14.9. The van der Waals surface area contributed by atoms with E-state index in [4.69, 9.17) is 17.0 Å². The van der Waals surface area contributed by atoms with Gasteiger partial charge in [0.15, 0.2) is 5.11 Å². The van der Waals surface area contributed by atoms with Crippen molar-refractivity contribution in [2.24, 2.45) is 0 Å². The number of carbonyl (C=O) groups is 2. The van der Waals surface area contributed by atoms with Crippen molar-refractivity contribution in [1.82, 2.24) is 15.1 Å². The summed E-state index contributed by atoms with van der Waals surface area (Å²) in [5, 5.41) is 6.82. The van der Waals surface area contributed by atoms with E-state index in [-0.39, 0.29) is 10.7 Å². The molecule has 0 bridgehead atoms. The lowest BCUT2D eigenvalue weighted by Crippen LogP contribution is -2.54. The van der Waals surface area contributed by atoms with Gasteiger partial charge in [0.05, 0.1) is 11.4 Å². The summed E-state index contributed by atoms with van der Waals surface area (Å²) in [4.78, 5) is 27.1. The molecule has 166 valence electrons. The summed E-state index contributed by atoms with van der Waals surface area (Å²) >= 11 is 5.29. The lowest BCUT2D eigenvalue weighted by atomic mass is 10.1. The summed E-state index contributed by atoms with van der Waals surface area (Å²) in [6.45, 7) is 0. The first kappa shape index (κ1) is 21.3. The number of rotatable bonds is 5. The van der Waals surface area contributed by atoms with E-state index in [1.807, 2.05) is 66.9 Å². The summed E-state index contributed by atoms with van der Waals surface area (Å²) < 4.78 is 7.53. The highest BCUT2D eigenvalue weighted by Crippen LogP contribution is 2.27. The average Bonchev–Trinajstić information content (AvgIpc) is 3.39. The molecule has 0 spiro atoms. The number of nitrogens with one attached hydrogen (secondary N) is 1. The lowest BCUT2D eigenvalue weighted by molar-refractivity contribution is -0.122. The summed E-state index contributed by atoms with van der Waals surface area (Å²) in [5.41, 5.74) is 2.08.